The molecule has 60 valence electrons. The zero-order valence-electron chi connectivity index (χ0n) is 5.19. The second-order valence-electron chi connectivity index (χ2n) is 1.82. The standard InChI is InChI=1S/C6H3BrF2IN/c7-3-1-5(6(8)9)11-2-4(3)10/h1-2,6H. The molecule has 1 aromatic rings. The monoisotopic (exact) mass is 333 g/mol. The largest absolute Gasteiger partial charge is 0.280 e. The van der Waals surface area contributed by atoms with Crippen molar-refractivity contribution in [3.63, 3.8) is 0 Å². The first-order valence-electron chi connectivity index (χ1n) is 2.70. The van der Waals surface area contributed by atoms with Gasteiger partial charge in [-0.05, 0) is 44.6 Å². The van der Waals surface area contributed by atoms with Gasteiger partial charge < -0.3 is 0 Å². The highest BCUT2D eigenvalue weighted by Gasteiger charge is 2.09. The number of rotatable bonds is 1. The Morgan fingerprint density at radius 1 is 1.55 bits per heavy atom. The summed E-state index contributed by atoms with van der Waals surface area (Å²) in [6.07, 6.45) is -1.09. The highest BCUT2D eigenvalue weighted by molar-refractivity contribution is 14.1. The molecule has 0 spiro atoms. The van der Waals surface area contributed by atoms with Gasteiger partial charge in [0.2, 0.25) is 0 Å². The van der Waals surface area contributed by atoms with Crippen molar-refractivity contribution in [2.75, 3.05) is 0 Å². The lowest BCUT2D eigenvalue weighted by atomic mass is 10.4. The van der Waals surface area contributed by atoms with Gasteiger partial charge in [0.05, 0.1) is 0 Å². The van der Waals surface area contributed by atoms with Crippen molar-refractivity contribution in [3.8, 4) is 0 Å². The van der Waals surface area contributed by atoms with Crippen LogP contribution >= 0.6 is 38.5 Å². The van der Waals surface area contributed by atoms with Crippen LogP contribution in [0.5, 0.6) is 0 Å². The van der Waals surface area contributed by atoms with Crippen molar-refractivity contribution in [3.05, 3.63) is 26.0 Å². The van der Waals surface area contributed by atoms with Gasteiger partial charge in [0.1, 0.15) is 5.69 Å². The molecule has 0 atom stereocenters. The summed E-state index contributed by atoms with van der Waals surface area (Å²) in [5.74, 6) is 0. The van der Waals surface area contributed by atoms with Crippen molar-refractivity contribution in [2.45, 2.75) is 6.43 Å². The second kappa shape index (κ2) is 3.75. The lowest BCUT2D eigenvalue weighted by Crippen LogP contribution is -1.90. The maximum Gasteiger partial charge on any atom is 0.280 e. The molecule has 1 rings (SSSR count). The van der Waals surface area contributed by atoms with E-state index in [1.807, 2.05) is 22.6 Å². The molecule has 0 N–H and O–H groups in total. The van der Waals surface area contributed by atoms with E-state index in [1.54, 1.807) is 0 Å². The van der Waals surface area contributed by atoms with Crippen molar-refractivity contribution < 1.29 is 8.78 Å². The van der Waals surface area contributed by atoms with Crippen LogP contribution in [0, 0.1) is 3.57 Å². The molecule has 0 fully saturated rings. The summed E-state index contributed by atoms with van der Waals surface area (Å²) in [5.41, 5.74) is -0.197. The van der Waals surface area contributed by atoms with Crippen molar-refractivity contribution in [1.29, 1.82) is 0 Å². The summed E-state index contributed by atoms with van der Waals surface area (Å²) < 4.78 is 25.5. The third-order valence-electron chi connectivity index (χ3n) is 1.05. The number of aromatic nitrogens is 1. The SMILES string of the molecule is FC(F)c1cc(Br)c(I)cn1. The third kappa shape index (κ3) is 2.33. The molecular formula is C6H3BrF2IN. The minimum Gasteiger partial charge on any atom is -0.254 e. The van der Waals surface area contributed by atoms with E-state index in [-0.39, 0.29) is 5.69 Å². The molecule has 0 aliphatic carbocycles. The summed E-state index contributed by atoms with van der Waals surface area (Å²) in [6.45, 7) is 0. The summed E-state index contributed by atoms with van der Waals surface area (Å²) in [4.78, 5) is 3.55. The molecule has 0 aliphatic rings. The van der Waals surface area contributed by atoms with E-state index in [0.717, 1.165) is 3.57 Å². The van der Waals surface area contributed by atoms with Gasteiger partial charge in [0.15, 0.2) is 0 Å². The predicted molar refractivity (Wildman–Crippen MR) is 49.6 cm³/mol. The topological polar surface area (TPSA) is 12.9 Å². The van der Waals surface area contributed by atoms with Gasteiger partial charge >= 0.3 is 0 Å². The van der Waals surface area contributed by atoms with E-state index >= 15 is 0 Å². The van der Waals surface area contributed by atoms with Gasteiger partial charge in [0, 0.05) is 14.2 Å². The quantitative estimate of drug-likeness (QED) is 0.718. The Labute approximate surface area is 84.5 Å². The van der Waals surface area contributed by atoms with Crippen molar-refractivity contribution in [1.82, 2.24) is 4.98 Å². The van der Waals surface area contributed by atoms with E-state index < -0.39 is 6.43 Å². The average Bonchev–Trinajstić information content (AvgIpc) is 1.94. The Bertz CT molecular complexity index is 267. The minimum atomic E-state index is -2.50. The molecule has 5 heteroatoms. The van der Waals surface area contributed by atoms with Crippen LogP contribution in [0.15, 0.2) is 16.7 Å². The van der Waals surface area contributed by atoms with Crippen LogP contribution in [-0.4, -0.2) is 4.98 Å². The Morgan fingerprint density at radius 2 is 2.18 bits per heavy atom. The Hall–Kier alpha value is 0.220. The van der Waals surface area contributed by atoms with Crippen molar-refractivity contribution >= 4 is 38.5 Å². The van der Waals surface area contributed by atoms with Crippen LogP contribution in [0.1, 0.15) is 12.1 Å². The molecule has 0 saturated heterocycles. The van der Waals surface area contributed by atoms with Crippen LogP contribution < -0.4 is 0 Å². The first-order chi connectivity index (χ1) is 5.11. The molecule has 0 bridgehead atoms. The second-order valence-corrected chi connectivity index (χ2v) is 3.84. The van der Waals surface area contributed by atoms with Gasteiger partial charge in [-0.25, -0.2) is 8.78 Å². The predicted octanol–water partition coefficient (Wildman–Crippen LogP) is 3.39. The molecule has 0 saturated carbocycles. The van der Waals surface area contributed by atoms with Crippen LogP contribution in [0.4, 0.5) is 8.78 Å². The fourth-order valence-corrected chi connectivity index (χ4v) is 1.18. The zero-order valence-corrected chi connectivity index (χ0v) is 8.93. The molecule has 0 radical (unpaired) electrons. The highest BCUT2D eigenvalue weighted by Crippen LogP contribution is 2.23. The number of halogens is 4. The number of alkyl halides is 2. The molecular weight excluding hydrogens is 331 g/mol. The van der Waals surface area contributed by atoms with Crippen molar-refractivity contribution in [2.24, 2.45) is 0 Å². The molecule has 0 unspecified atom stereocenters. The zero-order chi connectivity index (χ0) is 8.43. The molecule has 0 amide bonds. The van der Waals surface area contributed by atoms with Crippen LogP contribution in [0.25, 0.3) is 0 Å². The number of hydrogen-bond acceptors (Lipinski definition) is 1. The Balaban J connectivity index is 3.05. The summed E-state index contributed by atoms with van der Waals surface area (Å²) in [5, 5.41) is 0. The number of nitrogens with zero attached hydrogens (tertiary/aromatic N) is 1. The molecule has 0 aromatic carbocycles. The van der Waals surface area contributed by atoms with Crippen LogP contribution in [-0.2, 0) is 0 Å². The Morgan fingerprint density at radius 3 is 2.64 bits per heavy atom. The number of hydrogen-bond donors (Lipinski definition) is 0. The molecule has 1 heterocycles. The van der Waals surface area contributed by atoms with E-state index in [2.05, 4.69) is 20.9 Å². The fraction of sp³-hybridized carbons (Fsp3) is 0.167. The maximum absolute atomic E-state index is 12.0. The van der Waals surface area contributed by atoms with E-state index in [4.69, 9.17) is 0 Å². The smallest absolute Gasteiger partial charge is 0.254 e. The van der Waals surface area contributed by atoms with E-state index in [1.165, 1.54) is 12.3 Å². The summed E-state index contributed by atoms with van der Waals surface area (Å²) in [7, 11) is 0. The fourth-order valence-electron chi connectivity index (χ4n) is 0.548. The molecule has 0 aliphatic heterocycles. The van der Waals surface area contributed by atoms with E-state index in [0.29, 0.717) is 4.47 Å². The van der Waals surface area contributed by atoms with Gasteiger partial charge in [-0.1, -0.05) is 0 Å². The van der Waals surface area contributed by atoms with Crippen LogP contribution in [0.3, 0.4) is 0 Å². The van der Waals surface area contributed by atoms with Gasteiger partial charge in [-0.3, -0.25) is 4.98 Å². The molecule has 1 aromatic heterocycles. The maximum atomic E-state index is 12.0. The average molecular weight is 334 g/mol. The molecule has 1 nitrogen and oxygen atoms in total. The lowest BCUT2D eigenvalue weighted by molar-refractivity contribution is 0.146. The summed E-state index contributed by atoms with van der Waals surface area (Å²) >= 11 is 5.14. The van der Waals surface area contributed by atoms with Gasteiger partial charge in [-0.2, -0.15) is 0 Å². The lowest BCUT2D eigenvalue weighted by Gasteiger charge is -1.99. The summed E-state index contributed by atoms with van der Waals surface area (Å²) in [6, 6.07) is 1.33. The first-order valence-corrected chi connectivity index (χ1v) is 4.57. The Kier molecular flexibility index (Phi) is 3.17. The van der Waals surface area contributed by atoms with Crippen LogP contribution in [0.2, 0.25) is 0 Å². The highest BCUT2D eigenvalue weighted by atomic mass is 127. The minimum absolute atomic E-state index is 0.197. The number of pyridine rings is 1. The molecule has 11 heavy (non-hydrogen) atoms. The van der Waals surface area contributed by atoms with Gasteiger partial charge in [-0.15, -0.1) is 0 Å². The van der Waals surface area contributed by atoms with Gasteiger partial charge in [0.25, 0.3) is 6.43 Å². The van der Waals surface area contributed by atoms with E-state index in [9.17, 15) is 8.78 Å². The first kappa shape index (κ1) is 9.31. The third-order valence-corrected chi connectivity index (χ3v) is 3.31. The normalized spacial score (nSPS) is 10.6.